The van der Waals surface area contributed by atoms with Crippen LogP contribution in [0.15, 0.2) is 82.5 Å². The van der Waals surface area contributed by atoms with E-state index in [0.29, 0.717) is 28.8 Å². The lowest BCUT2D eigenvalue weighted by Crippen LogP contribution is -2.17. The molecule has 0 saturated carbocycles. The van der Waals surface area contributed by atoms with Crippen LogP contribution in [0.1, 0.15) is 21.8 Å². The highest BCUT2D eigenvalue weighted by Gasteiger charge is 2.14. The molecular formula is C22H17ClN4O3. The topological polar surface area (TPSA) is 92.5 Å². The van der Waals surface area contributed by atoms with E-state index in [1.165, 1.54) is 12.5 Å². The highest BCUT2D eigenvalue weighted by Crippen LogP contribution is 2.29. The van der Waals surface area contributed by atoms with Crippen LogP contribution in [0.2, 0.25) is 5.02 Å². The number of para-hydroxylation sites is 1. The van der Waals surface area contributed by atoms with Crippen LogP contribution in [0, 0.1) is 0 Å². The molecule has 0 atom stereocenters. The summed E-state index contributed by atoms with van der Waals surface area (Å²) in [6.07, 6.45) is 2.94. The standard InChI is InChI=1S/C22H17ClN4O3/c23-16-9-7-15(8-10-16)14-30-21-6-2-1-5-18(21)19-12-20(26-25-19)22(28)27-24-13-17-4-3-11-29-17/h1-13H,14H2,(H,25,26)(H,27,28)/b24-13-. The van der Waals surface area contributed by atoms with Gasteiger partial charge in [-0.1, -0.05) is 35.9 Å². The molecule has 0 aliphatic heterocycles. The largest absolute Gasteiger partial charge is 0.488 e. The highest BCUT2D eigenvalue weighted by atomic mass is 35.5. The second kappa shape index (κ2) is 9.11. The van der Waals surface area contributed by atoms with Crippen LogP contribution in [0.5, 0.6) is 5.75 Å². The fraction of sp³-hybridized carbons (Fsp3) is 0.0455. The molecule has 1 amide bonds. The number of carbonyl (C=O) groups excluding carboxylic acids is 1. The second-order valence-corrected chi connectivity index (χ2v) is 6.73. The predicted molar refractivity (Wildman–Crippen MR) is 114 cm³/mol. The zero-order valence-corrected chi connectivity index (χ0v) is 16.5. The van der Waals surface area contributed by atoms with Gasteiger partial charge >= 0.3 is 0 Å². The number of hydrogen-bond acceptors (Lipinski definition) is 5. The lowest BCUT2D eigenvalue weighted by molar-refractivity contribution is 0.0950. The van der Waals surface area contributed by atoms with Gasteiger partial charge < -0.3 is 9.15 Å². The summed E-state index contributed by atoms with van der Waals surface area (Å²) in [7, 11) is 0. The average molecular weight is 421 g/mol. The Morgan fingerprint density at radius 1 is 1.17 bits per heavy atom. The minimum atomic E-state index is -0.420. The molecule has 0 aliphatic rings. The number of ether oxygens (including phenoxy) is 1. The quantitative estimate of drug-likeness (QED) is 0.336. The molecule has 2 aromatic carbocycles. The Labute approximate surface area is 177 Å². The number of benzene rings is 2. The molecule has 30 heavy (non-hydrogen) atoms. The number of hydrazone groups is 1. The fourth-order valence-corrected chi connectivity index (χ4v) is 2.83. The Bertz CT molecular complexity index is 1150. The molecule has 0 unspecified atom stereocenters. The number of halogens is 1. The number of nitrogens with zero attached hydrogens (tertiary/aromatic N) is 2. The monoisotopic (exact) mass is 420 g/mol. The maximum absolute atomic E-state index is 12.3. The summed E-state index contributed by atoms with van der Waals surface area (Å²) in [4.78, 5) is 12.3. The first-order chi connectivity index (χ1) is 14.7. The lowest BCUT2D eigenvalue weighted by atomic mass is 10.1. The summed E-state index contributed by atoms with van der Waals surface area (Å²) in [5.74, 6) is 0.769. The first-order valence-electron chi connectivity index (χ1n) is 9.08. The number of furan rings is 1. The molecule has 0 bridgehead atoms. The van der Waals surface area contributed by atoms with Gasteiger partial charge in [0, 0.05) is 10.6 Å². The summed E-state index contributed by atoms with van der Waals surface area (Å²) in [6.45, 7) is 0.382. The summed E-state index contributed by atoms with van der Waals surface area (Å²) in [6, 6.07) is 20.0. The molecule has 8 heteroatoms. The normalized spacial score (nSPS) is 11.0. The van der Waals surface area contributed by atoms with E-state index in [0.717, 1.165) is 11.1 Å². The van der Waals surface area contributed by atoms with Crippen molar-refractivity contribution in [2.75, 3.05) is 0 Å². The van der Waals surface area contributed by atoms with E-state index >= 15 is 0 Å². The van der Waals surface area contributed by atoms with Crippen molar-refractivity contribution in [1.29, 1.82) is 0 Å². The number of aromatic nitrogens is 2. The summed E-state index contributed by atoms with van der Waals surface area (Å²) in [5.41, 5.74) is 5.04. The van der Waals surface area contributed by atoms with E-state index in [4.69, 9.17) is 20.8 Å². The van der Waals surface area contributed by atoms with Crippen molar-refractivity contribution in [1.82, 2.24) is 15.6 Å². The second-order valence-electron chi connectivity index (χ2n) is 6.29. The Hall–Kier alpha value is -3.84. The zero-order chi connectivity index (χ0) is 20.8. The van der Waals surface area contributed by atoms with E-state index in [1.54, 1.807) is 18.2 Å². The summed E-state index contributed by atoms with van der Waals surface area (Å²) < 4.78 is 11.1. The van der Waals surface area contributed by atoms with Gasteiger partial charge in [0.1, 0.15) is 23.8 Å². The number of aromatic amines is 1. The molecular weight excluding hydrogens is 404 g/mol. The van der Waals surface area contributed by atoms with Gasteiger partial charge in [-0.2, -0.15) is 10.2 Å². The maximum Gasteiger partial charge on any atom is 0.289 e. The molecule has 0 saturated heterocycles. The molecule has 0 aliphatic carbocycles. The molecule has 0 radical (unpaired) electrons. The molecule has 4 aromatic rings. The van der Waals surface area contributed by atoms with Crippen molar-refractivity contribution < 1.29 is 13.9 Å². The van der Waals surface area contributed by atoms with Gasteiger partial charge in [-0.15, -0.1) is 0 Å². The minimum Gasteiger partial charge on any atom is -0.488 e. The SMILES string of the molecule is O=C(N/N=C\c1ccco1)c1cc(-c2ccccc2OCc2ccc(Cl)cc2)n[nH]1. The smallest absolute Gasteiger partial charge is 0.289 e. The molecule has 7 nitrogen and oxygen atoms in total. The van der Waals surface area contributed by atoms with Crippen molar-refractivity contribution in [3.8, 4) is 17.0 Å². The van der Waals surface area contributed by atoms with Gasteiger partial charge in [0.15, 0.2) is 0 Å². The number of hydrogen-bond donors (Lipinski definition) is 2. The van der Waals surface area contributed by atoms with Crippen LogP contribution < -0.4 is 10.2 Å². The Morgan fingerprint density at radius 3 is 2.80 bits per heavy atom. The van der Waals surface area contributed by atoms with Gasteiger partial charge in [-0.05, 0) is 48.0 Å². The molecule has 4 rings (SSSR count). The Kier molecular flexibility index (Phi) is 5.91. The van der Waals surface area contributed by atoms with Crippen LogP contribution in [0.3, 0.4) is 0 Å². The highest BCUT2D eigenvalue weighted by molar-refractivity contribution is 6.30. The van der Waals surface area contributed by atoms with E-state index < -0.39 is 5.91 Å². The van der Waals surface area contributed by atoms with Crippen molar-refractivity contribution in [3.63, 3.8) is 0 Å². The molecule has 2 aromatic heterocycles. The van der Waals surface area contributed by atoms with Crippen molar-refractivity contribution >= 4 is 23.7 Å². The van der Waals surface area contributed by atoms with Crippen molar-refractivity contribution in [2.24, 2.45) is 5.10 Å². The van der Waals surface area contributed by atoms with Crippen LogP contribution in [0.4, 0.5) is 0 Å². The Morgan fingerprint density at radius 2 is 2.00 bits per heavy atom. The van der Waals surface area contributed by atoms with Crippen molar-refractivity contribution in [2.45, 2.75) is 6.61 Å². The lowest BCUT2D eigenvalue weighted by Gasteiger charge is -2.10. The summed E-state index contributed by atoms with van der Waals surface area (Å²) >= 11 is 5.92. The number of carbonyl (C=O) groups is 1. The van der Waals surface area contributed by atoms with E-state index in [9.17, 15) is 4.79 Å². The predicted octanol–water partition coefficient (Wildman–Crippen LogP) is 4.67. The maximum atomic E-state index is 12.3. The minimum absolute atomic E-state index is 0.272. The van der Waals surface area contributed by atoms with E-state index in [-0.39, 0.29) is 5.69 Å². The first kappa shape index (κ1) is 19.5. The van der Waals surface area contributed by atoms with Crippen LogP contribution >= 0.6 is 11.6 Å². The number of rotatable bonds is 7. The molecule has 0 spiro atoms. The third-order valence-corrected chi connectivity index (χ3v) is 4.45. The van der Waals surface area contributed by atoms with Crippen LogP contribution in [0.25, 0.3) is 11.3 Å². The van der Waals surface area contributed by atoms with Crippen molar-refractivity contribution in [3.05, 3.63) is 95.0 Å². The third-order valence-electron chi connectivity index (χ3n) is 4.19. The Balaban J connectivity index is 1.45. The van der Waals surface area contributed by atoms with E-state index in [2.05, 4.69) is 20.7 Å². The third kappa shape index (κ3) is 4.76. The number of H-pyrrole nitrogens is 1. The van der Waals surface area contributed by atoms with Gasteiger partial charge in [-0.3, -0.25) is 9.89 Å². The molecule has 0 fully saturated rings. The van der Waals surface area contributed by atoms with Crippen LogP contribution in [-0.2, 0) is 6.61 Å². The zero-order valence-electron chi connectivity index (χ0n) is 15.7. The van der Waals surface area contributed by atoms with Gasteiger partial charge in [0.25, 0.3) is 5.91 Å². The van der Waals surface area contributed by atoms with E-state index in [1.807, 2.05) is 48.5 Å². The number of nitrogens with one attached hydrogen (secondary N) is 2. The van der Waals surface area contributed by atoms with Crippen LogP contribution in [-0.4, -0.2) is 22.3 Å². The van der Waals surface area contributed by atoms with Gasteiger partial charge in [-0.25, -0.2) is 5.43 Å². The molecule has 2 heterocycles. The van der Waals surface area contributed by atoms with Gasteiger partial charge in [0.05, 0.1) is 18.2 Å². The average Bonchev–Trinajstić information content (AvgIpc) is 3.46. The van der Waals surface area contributed by atoms with Gasteiger partial charge in [0.2, 0.25) is 0 Å². The molecule has 2 N–H and O–H groups in total. The first-order valence-corrected chi connectivity index (χ1v) is 9.46. The fourth-order valence-electron chi connectivity index (χ4n) is 2.70. The number of amides is 1. The molecule has 150 valence electrons. The summed E-state index contributed by atoms with van der Waals surface area (Å²) in [5, 5.41) is 11.5.